The second-order valence-electron chi connectivity index (χ2n) is 7.64. The molecular weight excluding hydrogens is 420 g/mol. The molecule has 0 saturated heterocycles. The lowest BCUT2D eigenvalue weighted by atomic mass is 9.99. The lowest BCUT2D eigenvalue weighted by molar-refractivity contribution is 0.103. The number of hydrogen-bond acceptors (Lipinski definition) is 4. The zero-order valence-electron chi connectivity index (χ0n) is 16.5. The van der Waals surface area contributed by atoms with Crippen LogP contribution in [0.4, 0.5) is 0 Å². The smallest absolute Gasteiger partial charge is 0.194 e. The Morgan fingerprint density at radius 3 is 2.19 bits per heavy atom. The molecular formula is C27H26O2S2. The molecule has 0 radical (unpaired) electrons. The first-order valence-corrected chi connectivity index (χ1v) is 12.0. The van der Waals surface area contributed by atoms with Crippen LogP contribution in [0.2, 0.25) is 0 Å². The van der Waals surface area contributed by atoms with E-state index in [1.807, 2.05) is 53.9 Å². The van der Waals surface area contributed by atoms with Crippen molar-refractivity contribution in [2.24, 2.45) is 0 Å². The highest BCUT2D eigenvalue weighted by Crippen LogP contribution is 2.34. The van der Waals surface area contributed by atoms with Crippen LogP contribution in [0.15, 0.2) is 71.4 Å². The summed E-state index contributed by atoms with van der Waals surface area (Å²) in [5.41, 5.74) is 6.44. The molecule has 0 spiro atoms. The van der Waals surface area contributed by atoms with Crippen molar-refractivity contribution in [3.63, 3.8) is 0 Å². The van der Waals surface area contributed by atoms with Gasteiger partial charge in [0.25, 0.3) is 0 Å². The predicted molar refractivity (Wildman–Crippen MR) is 131 cm³/mol. The summed E-state index contributed by atoms with van der Waals surface area (Å²) in [6, 6.07) is 20.1. The Labute approximate surface area is 191 Å². The standard InChI is InChI=1S/C13H12OS.C13H10OS.CH4/c2*14-13-10-4-2-1-3-9(10)5-6-12-11(13)7-8-15-12;/h1-4,7-8,13-14H,5-6H2;1-4,7-8H,5-6H2;1H4. The summed E-state index contributed by atoms with van der Waals surface area (Å²) in [6.07, 6.45) is 3.65. The molecule has 158 valence electrons. The van der Waals surface area contributed by atoms with Gasteiger partial charge in [0.15, 0.2) is 5.78 Å². The van der Waals surface area contributed by atoms with Crippen LogP contribution in [0.5, 0.6) is 0 Å². The van der Waals surface area contributed by atoms with E-state index in [9.17, 15) is 9.90 Å². The van der Waals surface area contributed by atoms with Gasteiger partial charge < -0.3 is 5.11 Å². The van der Waals surface area contributed by atoms with Crippen molar-refractivity contribution in [3.05, 3.63) is 115 Å². The number of thiophene rings is 2. The Bertz CT molecular complexity index is 1200. The zero-order valence-corrected chi connectivity index (χ0v) is 18.1. The number of ketones is 1. The molecule has 0 bridgehead atoms. The van der Waals surface area contributed by atoms with Gasteiger partial charge >= 0.3 is 0 Å². The maximum absolute atomic E-state index is 12.2. The second kappa shape index (κ2) is 9.31. The van der Waals surface area contributed by atoms with Crippen molar-refractivity contribution >= 4 is 28.5 Å². The molecule has 0 saturated carbocycles. The molecule has 2 aliphatic rings. The van der Waals surface area contributed by atoms with Crippen LogP contribution in [0.3, 0.4) is 0 Å². The summed E-state index contributed by atoms with van der Waals surface area (Å²) in [5.74, 6) is 0.194. The highest BCUT2D eigenvalue weighted by molar-refractivity contribution is 7.10. The van der Waals surface area contributed by atoms with Crippen LogP contribution in [-0.4, -0.2) is 10.9 Å². The van der Waals surface area contributed by atoms with Gasteiger partial charge in [0.1, 0.15) is 6.10 Å². The van der Waals surface area contributed by atoms with Gasteiger partial charge in [0, 0.05) is 20.9 Å². The molecule has 6 rings (SSSR count). The van der Waals surface area contributed by atoms with E-state index in [2.05, 4.69) is 17.5 Å². The van der Waals surface area contributed by atoms with Crippen LogP contribution in [0.1, 0.15) is 61.5 Å². The van der Waals surface area contributed by atoms with E-state index in [-0.39, 0.29) is 13.2 Å². The summed E-state index contributed by atoms with van der Waals surface area (Å²) < 4.78 is 0. The molecule has 0 amide bonds. The van der Waals surface area contributed by atoms with E-state index in [1.54, 1.807) is 22.7 Å². The lowest BCUT2D eigenvalue weighted by Crippen LogP contribution is -2.01. The fourth-order valence-corrected chi connectivity index (χ4v) is 6.12. The van der Waals surface area contributed by atoms with Gasteiger partial charge in [0.05, 0.1) is 0 Å². The first-order valence-electron chi connectivity index (χ1n) is 10.2. The number of aliphatic hydroxyl groups excluding tert-OH is 1. The number of carbonyl (C=O) groups is 1. The molecule has 2 heterocycles. The summed E-state index contributed by atoms with van der Waals surface area (Å²) in [6.45, 7) is 0. The topological polar surface area (TPSA) is 37.3 Å². The predicted octanol–water partition coefficient (Wildman–Crippen LogP) is 6.64. The average molecular weight is 447 g/mol. The number of carbonyl (C=O) groups excluding carboxylic acids is 1. The van der Waals surface area contributed by atoms with Crippen molar-refractivity contribution in [3.8, 4) is 0 Å². The third-order valence-corrected chi connectivity index (χ3v) is 7.90. The number of aliphatic hydroxyl groups is 1. The Kier molecular flexibility index (Phi) is 6.51. The minimum atomic E-state index is -0.426. The van der Waals surface area contributed by atoms with E-state index >= 15 is 0 Å². The largest absolute Gasteiger partial charge is 0.384 e. The van der Waals surface area contributed by atoms with E-state index in [0.29, 0.717) is 0 Å². The monoisotopic (exact) mass is 446 g/mol. The number of rotatable bonds is 0. The lowest BCUT2D eigenvalue weighted by Gasteiger charge is -2.11. The maximum Gasteiger partial charge on any atom is 0.194 e. The number of aryl methyl sites for hydroxylation is 4. The van der Waals surface area contributed by atoms with Crippen LogP contribution in [0.25, 0.3) is 0 Å². The molecule has 1 unspecified atom stereocenters. The Morgan fingerprint density at radius 1 is 0.677 bits per heavy atom. The van der Waals surface area contributed by atoms with Crippen molar-refractivity contribution < 1.29 is 9.90 Å². The molecule has 0 aliphatic heterocycles. The molecule has 31 heavy (non-hydrogen) atoms. The van der Waals surface area contributed by atoms with Gasteiger partial charge in [-0.25, -0.2) is 0 Å². The molecule has 4 aromatic rings. The van der Waals surface area contributed by atoms with Crippen molar-refractivity contribution in [2.45, 2.75) is 39.2 Å². The first kappa shape index (κ1) is 21.7. The molecule has 2 aromatic heterocycles. The first-order chi connectivity index (χ1) is 14.7. The van der Waals surface area contributed by atoms with Crippen LogP contribution in [-0.2, 0) is 25.7 Å². The molecule has 2 nitrogen and oxygen atoms in total. The Balaban J connectivity index is 0.000000144. The van der Waals surface area contributed by atoms with E-state index in [4.69, 9.17) is 0 Å². The fraction of sp³-hybridized carbons (Fsp3) is 0.222. The summed E-state index contributed by atoms with van der Waals surface area (Å²) in [5, 5.41) is 14.4. The summed E-state index contributed by atoms with van der Waals surface area (Å²) >= 11 is 3.45. The SMILES string of the molecule is C.O=C1c2ccccc2CCc2sccc21.OC1c2ccccc2CCc2sccc21. The van der Waals surface area contributed by atoms with E-state index in [1.165, 1.54) is 20.9 Å². The fourth-order valence-electron chi connectivity index (χ4n) is 4.33. The Hall–Kier alpha value is -2.53. The van der Waals surface area contributed by atoms with Gasteiger partial charge in [-0.05, 0) is 70.8 Å². The number of hydrogen-bond donors (Lipinski definition) is 1. The van der Waals surface area contributed by atoms with E-state index < -0.39 is 6.10 Å². The highest BCUT2D eigenvalue weighted by Gasteiger charge is 2.22. The molecule has 1 atom stereocenters. The van der Waals surface area contributed by atoms with Crippen molar-refractivity contribution in [2.75, 3.05) is 0 Å². The molecule has 1 N–H and O–H groups in total. The molecule has 0 fully saturated rings. The molecule has 2 aliphatic carbocycles. The third kappa shape index (κ3) is 4.16. The van der Waals surface area contributed by atoms with Gasteiger partial charge in [0.2, 0.25) is 0 Å². The molecule has 2 aromatic carbocycles. The Morgan fingerprint density at radius 2 is 1.32 bits per heavy atom. The average Bonchev–Trinajstić information content (AvgIpc) is 3.40. The van der Waals surface area contributed by atoms with Crippen LogP contribution >= 0.6 is 22.7 Å². The number of fused-ring (bicyclic) bond motifs is 4. The van der Waals surface area contributed by atoms with Crippen molar-refractivity contribution in [1.29, 1.82) is 0 Å². The van der Waals surface area contributed by atoms with Gasteiger partial charge in [-0.2, -0.15) is 0 Å². The summed E-state index contributed by atoms with van der Waals surface area (Å²) in [7, 11) is 0. The summed E-state index contributed by atoms with van der Waals surface area (Å²) in [4.78, 5) is 14.8. The zero-order chi connectivity index (χ0) is 20.5. The maximum atomic E-state index is 12.2. The quantitative estimate of drug-likeness (QED) is 0.329. The third-order valence-electron chi connectivity index (χ3n) is 5.92. The highest BCUT2D eigenvalue weighted by atomic mass is 32.1. The van der Waals surface area contributed by atoms with Crippen LogP contribution in [0, 0.1) is 0 Å². The van der Waals surface area contributed by atoms with E-state index in [0.717, 1.165) is 47.9 Å². The second-order valence-corrected chi connectivity index (χ2v) is 9.65. The normalized spacial score (nSPS) is 16.2. The minimum absolute atomic E-state index is 0. The van der Waals surface area contributed by atoms with Crippen LogP contribution < -0.4 is 0 Å². The number of benzene rings is 2. The van der Waals surface area contributed by atoms with Gasteiger partial charge in [-0.15, -0.1) is 22.7 Å². The molecule has 4 heteroatoms. The van der Waals surface area contributed by atoms with Gasteiger partial charge in [-0.3, -0.25) is 4.79 Å². The van der Waals surface area contributed by atoms with Crippen molar-refractivity contribution in [1.82, 2.24) is 0 Å². The minimum Gasteiger partial charge on any atom is -0.384 e. The van der Waals surface area contributed by atoms with Gasteiger partial charge in [-0.1, -0.05) is 56.0 Å².